The number of amides is 1. The van der Waals surface area contributed by atoms with Gasteiger partial charge in [-0.2, -0.15) is 0 Å². The second-order valence-corrected chi connectivity index (χ2v) is 8.60. The van der Waals surface area contributed by atoms with E-state index in [2.05, 4.69) is 24.1 Å². The summed E-state index contributed by atoms with van der Waals surface area (Å²) in [5.41, 5.74) is 6.55. The topological polar surface area (TPSA) is 135 Å². The number of nitrogens with two attached hydrogens (primary N) is 1. The lowest BCUT2D eigenvalue weighted by Crippen LogP contribution is -2.38. The number of carbonyl (C=O) groups excluding carboxylic acids is 1. The van der Waals surface area contributed by atoms with Crippen molar-refractivity contribution < 1.29 is 24.5 Å². The van der Waals surface area contributed by atoms with E-state index in [4.69, 9.17) is 15.6 Å². The van der Waals surface area contributed by atoms with Gasteiger partial charge in [0.05, 0.1) is 22.3 Å². The standard InChI is InChI=1S/C13H25NO2.C11H10N2O3/c1-11(2)8-9-16-10-13(15)14-12-6-4-3-5-7-12;1-5-8(11(15)16)10(12)9-6(13-5)3-2-4-7(9)14/h11-12H,3-10H2,1-2H3,(H,14,15);2-4,14H,1H3,(H2,12,13)(H,15,16). The van der Waals surface area contributed by atoms with Crippen molar-refractivity contribution in [2.75, 3.05) is 18.9 Å². The summed E-state index contributed by atoms with van der Waals surface area (Å²) in [6.45, 7) is 6.80. The van der Waals surface area contributed by atoms with Gasteiger partial charge in [-0.1, -0.05) is 39.2 Å². The first-order valence-electron chi connectivity index (χ1n) is 11.2. The van der Waals surface area contributed by atoms with Crippen LogP contribution in [0.1, 0.15) is 68.4 Å². The smallest absolute Gasteiger partial charge is 0.339 e. The molecule has 1 aromatic heterocycles. The Morgan fingerprint density at radius 2 is 1.94 bits per heavy atom. The van der Waals surface area contributed by atoms with Gasteiger partial charge in [-0.3, -0.25) is 9.78 Å². The summed E-state index contributed by atoms with van der Waals surface area (Å²) < 4.78 is 5.34. The molecule has 0 bridgehead atoms. The summed E-state index contributed by atoms with van der Waals surface area (Å²) in [6, 6.07) is 5.14. The molecule has 0 aliphatic heterocycles. The highest BCUT2D eigenvalue weighted by atomic mass is 16.5. The van der Waals surface area contributed by atoms with Crippen LogP contribution in [0.5, 0.6) is 5.75 Å². The lowest BCUT2D eigenvalue weighted by atomic mass is 9.95. The summed E-state index contributed by atoms with van der Waals surface area (Å²) in [5.74, 6) is -0.519. The number of nitrogens with one attached hydrogen (secondary N) is 1. The van der Waals surface area contributed by atoms with E-state index < -0.39 is 5.97 Å². The average Bonchev–Trinajstić information content (AvgIpc) is 2.72. The van der Waals surface area contributed by atoms with Crippen molar-refractivity contribution in [3.8, 4) is 5.75 Å². The van der Waals surface area contributed by atoms with Crippen molar-refractivity contribution in [3.05, 3.63) is 29.5 Å². The molecular weight excluding hydrogens is 410 g/mol. The molecule has 5 N–H and O–H groups in total. The molecule has 1 heterocycles. The molecule has 0 radical (unpaired) electrons. The van der Waals surface area contributed by atoms with Gasteiger partial charge in [0.2, 0.25) is 5.91 Å². The first-order chi connectivity index (χ1) is 15.2. The van der Waals surface area contributed by atoms with Crippen LogP contribution in [-0.2, 0) is 9.53 Å². The van der Waals surface area contributed by atoms with Crippen LogP contribution >= 0.6 is 0 Å². The van der Waals surface area contributed by atoms with Gasteiger partial charge in [0.1, 0.15) is 17.9 Å². The molecule has 1 aliphatic rings. The van der Waals surface area contributed by atoms with Gasteiger partial charge in [0.25, 0.3) is 0 Å². The minimum Gasteiger partial charge on any atom is -0.507 e. The first kappa shape index (κ1) is 25.4. The Labute approximate surface area is 189 Å². The molecule has 1 fully saturated rings. The lowest BCUT2D eigenvalue weighted by molar-refractivity contribution is -0.126. The molecule has 0 unspecified atom stereocenters. The third kappa shape index (κ3) is 7.37. The largest absolute Gasteiger partial charge is 0.507 e. The second kappa shape index (κ2) is 12.2. The molecule has 0 saturated heterocycles. The van der Waals surface area contributed by atoms with Crippen molar-refractivity contribution in [1.82, 2.24) is 10.3 Å². The number of carboxylic acids is 1. The number of benzene rings is 1. The van der Waals surface area contributed by atoms with Gasteiger partial charge in [-0.15, -0.1) is 0 Å². The van der Waals surface area contributed by atoms with E-state index in [0.717, 1.165) is 19.3 Å². The molecular formula is C24H35N3O5. The molecule has 176 valence electrons. The van der Waals surface area contributed by atoms with Crippen molar-refractivity contribution >= 4 is 28.5 Å². The third-order valence-corrected chi connectivity index (χ3v) is 5.47. The van der Waals surface area contributed by atoms with Gasteiger partial charge in [0, 0.05) is 12.6 Å². The van der Waals surface area contributed by atoms with Gasteiger partial charge in [0.15, 0.2) is 0 Å². The summed E-state index contributed by atoms with van der Waals surface area (Å²) in [5, 5.41) is 22.0. The predicted molar refractivity (Wildman–Crippen MR) is 125 cm³/mol. The van der Waals surface area contributed by atoms with Crippen molar-refractivity contribution in [3.63, 3.8) is 0 Å². The highest BCUT2D eigenvalue weighted by molar-refractivity contribution is 6.06. The van der Waals surface area contributed by atoms with E-state index in [0.29, 0.717) is 29.8 Å². The first-order valence-corrected chi connectivity index (χ1v) is 11.2. The zero-order valence-corrected chi connectivity index (χ0v) is 19.2. The van der Waals surface area contributed by atoms with Crippen LogP contribution in [0.25, 0.3) is 10.9 Å². The van der Waals surface area contributed by atoms with Gasteiger partial charge < -0.3 is 26.0 Å². The third-order valence-electron chi connectivity index (χ3n) is 5.47. The number of nitrogens with zero attached hydrogens (tertiary/aromatic N) is 1. The Balaban J connectivity index is 0.000000227. The molecule has 32 heavy (non-hydrogen) atoms. The highest BCUT2D eigenvalue weighted by Gasteiger charge is 2.18. The zero-order chi connectivity index (χ0) is 23.7. The fraction of sp³-hybridized carbons (Fsp3) is 0.542. The predicted octanol–water partition coefficient (Wildman–Crippen LogP) is 4.03. The van der Waals surface area contributed by atoms with Crippen LogP contribution in [-0.4, -0.2) is 46.3 Å². The summed E-state index contributed by atoms with van der Waals surface area (Å²) in [7, 11) is 0. The molecule has 1 aromatic carbocycles. The van der Waals surface area contributed by atoms with Crippen LogP contribution in [0.2, 0.25) is 0 Å². The summed E-state index contributed by atoms with van der Waals surface area (Å²) in [6.07, 6.45) is 7.11. The molecule has 8 heteroatoms. The van der Waals surface area contributed by atoms with Crippen LogP contribution in [0.15, 0.2) is 18.2 Å². The van der Waals surface area contributed by atoms with Gasteiger partial charge in [-0.25, -0.2) is 4.79 Å². The number of ether oxygens (including phenoxy) is 1. The number of fused-ring (bicyclic) bond motifs is 1. The highest BCUT2D eigenvalue weighted by Crippen LogP contribution is 2.32. The fourth-order valence-corrected chi connectivity index (χ4v) is 3.72. The van der Waals surface area contributed by atoms with Crippen molar-refractivity contribution in [1.29, 1.82) is 0 Å². The zero-order valence-electron chi connectivity index (χ0n) is 19.2. The quantitative estimate of drug-likeness (QED) is 0.473. The SMILES string of the molecule is CC(C)CCOCC(=O)NC1CCCCC1.Cc1nc2cccc(O)c2c(N)c1C(=O)O. The summed E-state index contributed by atoms with van der Waals surface area (Å²) in [4.78, 5) is 26.6. The van der Waals surface area contributed by atoms with Gasteiger partial charge in [-0.05, 0) is 44.2 Å². The molecule has 1 aliphatic carbocycles. The minimum atomic E-state index is -1.15. The van der Waals surface area contributed by atoms with Crippen LogP contribution in [0, 0.1) is 12.8 Å². The van der Waals surface area contributed by atoms with Crippen LogP contribution < -0.4 is 11.1 Å². The number of aromatic carboxylic acids is 1. The molecule has 1 amide bonds. The number of aromatic nitrogens is 1. The van der Waals surface area contributed by atoms with E-state index in [1.807, 2.05) is 0 Å². The number of aryl methyl sites for hydroxylation is 1. The maximum absolute atomic E-state index is 11.5. The number of carbonyl (C=O) groups is 2. The number of aromatic hydroxyl groups is 1. The van der Waals surface area contributed by atoms with E-state index in [1.165, 1.54) is 25.3 Å². The summed E-state index contributed by atoms with van der Waals surface area (Å²) >= 11 is 0. The second-order valence-electron chi connectivity index (χ2n) is 8.60. The van der Waals surface area contributed by atoms with Crippen molar-refractivity contribution in [2.45, 2.75) is 65.3 Å². The number of nitrogen functional groups attached to an aromatic ring is 1. The van der Waals surface area contributed by atoms with Crippen LogP contribution in [0.3, 0.4) is 0 Å². The average molecular weight is 446 g/mol. The number of rotatable bonds is 7. The van der Waals surface area contributed by atoms with Crippen LogP contribution in [0.4, 0.5) is 5.69 Å². The van der Waals surface area contributed by atoms with Crippen molar-refractivity contribution in [2.24, 2.45) is 5.92 Å². The van der Waals surface area contributed by atoms with E-state index >= 15 is 0 Å². The number of phenols is 1. The number of carboxylic acid groups (broad SMARTS) is 1. The normalized spacial score (nSPS) is 14.1. The number of pyridine rings is 1. The monoisotopic (exact) mass is 445 g/mol. The minimum absolute atomic E-state index is 0.0492. The van der Waals surface area contributed by atoms with Gasteiger partial charge >= 0.3 is 5.97 Å². The molecule has 0 spiro atoms. The molecule has 3 rings (SSSR count). The molecule has 2 aromatic rings. The Morgan fingerprint density at radius 3 is 2.56 bits per heavy atom. The number of phenolic OH excluding ortho intramolecular Hbond substituents is 1. The maximum atomic E-state index is 11.5. The number of hydrogen-bond donors (Lipinski definition) is 4. The van der Waals surface area contributed by atoms with E-state index in [1.54, 1.807) is 19.1 Å². The van der Waals surface area contributed by atoms with E-state index in [-0.39, 0.29) is 34.9 Å². The molecule has 1 saturated carbocycles. The molecule has 8 nitrogen and oxygen atoms in total. The Hall–Kier alpha value is -2.87. The Bertz CT molecular complexity index is 923. The Morgan fingerprint density at radius 1 is 1.25 bits per heavy atom. The van der Waals surface area contributed by atoms with E-state index in [9.17, 15) is 14.7 Å². The number of anilines is 1. The molecule has 0 atom stereocenters. The maximum Gasteiger partial charge on any atom is 0.339 e. The fourth-order valence-electron chi connectivity index (χ4n) is 3.72. The Kier molecular flexibility index (Phi) is 9.71. The lowest BCUT2D eigenvalue weighted by Gasteiger charge is -2.22. The number of hydrogen-bond acceptors (Lipinski definition) is 6.